The van der Waals surface area contributed by atoms with Crippen molar-refractivity contribution in [2.75, 3.05) is 4.72 Å². The molecular weight excluding hydrogens is 367 g/mol. The van der Waals surface area contributed by atoms with Crippen LogP contribution < -0.4 is 4.72 Å². The van der Waals surface area contributed by atoms with Crippen molar-refractivity contribution in [3.8, 4) is 0 Å². The summed E-state index contributed by atoms with van der Waals surface area (Å²) in [7, 11) is -4.28. The van der Waals surface area contributed by atoms with E-state index in [-0.39, 0.29) is 10.2 Å². The molecule has 0 atom stereocenters. The summed E-state index contributed by atoms with van der Waals surface area (Å²) in [4.78, 5) is 9.15. The molecule has 2 aromatic carbocycles. The van der Waals surface area contributed by atoms with Crippen molar-refractivity contribution in [3.05, 3.63) is 62.9 Å². The molecule has 0 saturated heterocycles. The van der Waals surface area contributed by atoms with E-state index in [0.717, 1.165) is 6.07 Å². The summed E-state index contributed by atoms with van der Waals surface area (Å²) in [5, 5.41) is 10.7. The highest BCUT2D eigenvalue weighted by Gasteiger charge is 2.25. The summed E-state index contributed by atoms with van der Waals surface area (Å²) in [6, 6.07) is 9.39. The number of benzene rings is 2. The average molecular weight is 375 g/mol. The zero-order valence-corrected chi connectivity index (χ0v) is 12.7. The zero-order valence-electron chi connectivity index (χ0n) is 10.3. The Labute approximate surface area is 127 Å². The van der Waals surface area contributed by atoms with Crippen LogP contribution in [0.3, 0.4) is 0 Å². The van der Waals surface area contributed by atoms with Gasteiger partial charge < -0.3 is 0 Å². The monoisotopic (exact) mass is 374 g/mol. The van der Waals surface area contributed by atoms with Crippen LogP contribution in [-0.2, 0) is 10.0 Å². The van der Waals surface area contributed by atoms with E-state index in [9.17, 15) is 22.9 Å². The van der Waals surface area contributed by atoms with Gasteiger partial charge in [-0.25, -0.2) is 12.8 Å². The van der Waals surface area contributed by atoms with Crippen molar-refractivity contribution in [1.82, 2.24) is 0 Å². The fraction of sp³-hybridized carbons (Fsp3) is 0. The van der Waals surface area contributed by atoms with Gasteiger partial charge in [0.2, 0.25) is 0 Å². The molecular formula is C12H8BrFN2O4S. The van der Waals surface area contributed by atoms with Crippen LogP contribution in [0.15, 0.2) is 51.8 Å². The second-order valence-electron chi connectivity index (χ2n) is 3.97. The largest absolute Gasteiger partial charge is 0.280 e. The van der Waals surface area contributed by atoms with E-state index in [1.807, 2.05) is 0 Å². The molecule has 2 rings (SSSR count). The lowest BCUT2D eigenvalue weighted by atomic mass is 10.3. The minimum Gasteiger partial charge on any atom is -0.280 e. The highest BCUT2D eigenvalue weighted by atomic mass is 79.9. The van der Waals surface area contributed by atoms with Crippen LogP contribution in [0.1, 0.15) is 0 Å². The Morgan fingerprint density at radius 1 is 1.19 bits per heavy atom. The van der Waals surface area contributed by atoms with Gasteiger partial charge in [-0.05, 0) is 28.1 Å². The standard InChI is InChI=1S/C12H8BrFN2O4S/c13-10-6-9(16(17)18)7-11(12(10)14)21(19,20)15-8-4-2-1-3-5-8/h1-7,15H. The third-order valence-electron chi connectivity index (χ3n) is 2.51. The normalized spacial score (nSPS) is 11.1. The molecule has 0 aliphatic rings. The molecule has 0 spiro atoms. The second kappa shape index (κ2) is 5.78. The van der Waals surface area contributed by atoms with E-state index in [1.165, 1.54) is 12.1 Å². The topological polar surface area (TPSA) is 89.3 Å². The van der Waals surface area contributed by atoms with Crippen molar-refractivity contribution >= 4 is 37.3 Å². The number of hydrogen-bond acceptors (Lipinski definition) is 4. The van der Waals surface area contributed by atoms with E-state index in [4.69, 9.17) is 0 Å². The minimum absolute atomic E-state index is 0.222. The molecule has 110 valence electrons. The van der Waals surface area contributed by atoms with E-state index >= 15 is 0 Å². The molecule has 0 heterocycles. The van der Waals surface area contributed by atoms with Crippen molar-refractivity contribution < 1.29 is 17.7 Å². The van der Waals surface area contributed by atoms with Gasteiger partial charge in [-0.2, -0.15) is 0 Å². The number of halogens is 2. The molecule has 0 aromatic heterocycles. The average Bonchev–Trinajstić information content (AvgIpc) is 2.41. The Hall–Kier alpha value is -2.00. The van der Waals surface area contributed by atoms with Gasteiger partial charge in [0.05, 0.1) is 9.40 Å². The zero-order chi connectivity index (χ0) is 15.6. The summed E-state index contributed by atoms with van der Waals surface area (Å²) in [5.41, 5.74) is -0.309. The first-order chi connectivity index (χ1) is 9.81. The van der Waals surface area contributed by atoms with E-state index < -0.39 is 31.3 Å². The third kappa shape index (κ3) is 3.37. The quantitative estimate of drug-likeness (QED) is 0.656. The second-order valence-corrected chi connectivity index (χ2v) is 6.47. The number of para-hydroxylation sites is 1. The molecule has 0 radical (unpaired) electrons. The Kier molecular flexibility index (Phi) is 4.24. The Morgan fingerprint density at radius 2 is 1.81 bits per heavy atom. The fourth-order valence-electron chi connectivity index (χ4n) is 1.57. The van der Waals surface area contributed by atoms with Gasteiger partial charge in [0.25, 0.3) is 15.7 Å². The van der Waals surface area contributed by atoms with E-state index in [0.29, 0.717) is 6.07 Å². The maximum Gasteiger partial charge on any atom is 0.272 e. The summed E-state index contributed by atoms with van der Waals surface area (Å²) in [6.07, 6.45) is 0. The maximum atomic E-state index is 14.0. The lowest BCUT2D eigenvalue weighted by molar-refractivity contribution is -0.385. The van der Waals surface area contributed by atoms with Gasteiger partial charge in [-0.1, -0.05) is 18.2 Å². The molecule has 2 aromatic rings. The Balaban J connectivity index is 2.52. The van der Waals surface area contributed by atoms with Crippen molar-refractivity contribution in [2.45, 2.75) is 4.90 Å². The Bertz CT molecular complexity index is 796. The number of sulfonamides is 1. The van der Waals surface area contributed by atoms with Crippen LogP contribution >= 0.6 is 15.9 Å². The first-order valence-electron chi connectivity index (χ1n) is 5.52. The molecule has 6 nitrogen and oxygen atoms in total. The molecule has 1 N–H and O–H groups in total. The summed E-state index contributed by atoms with van der Waals surface area (Å²) in [5.74, 6) is -1.09. The number of anilines is 1. The SMILES string of the molecule is O=[N+]([O-])c1cc(Br)c(F)c(S(=O)(=O)Nc2ccccc2)c1. The molecule has 0 bridgehead atoms. The van der Waals surface area contributed by atoms with E-state index in [2.05, 4.69) is 20.7 Å². The third-order valence-corrected chi connectivity index (χ3v) is 4.46. The minimum atomic E-state index is -4.28. The molecule has 0 amide bonds. The highest BCUT2D eigenvalue weighted by Crippen LogP contribution is 2.29. The number of non-ortho nitro benzene ring substituents is 1. The summed E-state index contributed by atoms with van der Waals surface area (Å²) < 4.78 is 40.1. The first-order valence-corrected chi connectivity index (χ1v) is 7.80. The van der Waals surface area contributed by atoms with Crippen LogP contribution in [0.5, 0.6) is 0 Å². The van der Waals surface area contributed by atoms with Gasteiger partial charge in [-0.3, -0.25) is 14.8 Å². The number of rotatable bonds is 4. The lowest BCUT2D eigenvalue weighted by Gasteiger charge is -2.09. The molecule has 0 aliphatic heterocycles. The maximum absolute atomic E-state index is 14.0. The molecule has 21 heavy (non-hydrogen) atoms. The van der Waals surface area contributed by atoms with Crippen LogP contribution in [0, 0.1) is 15.9 Å². The van der Waals surface area contributed by atoms with Gasteiger partial charge in [0, 0.05) is 17.8 Å². The highest BCUT2D eigenvalue weighted by molar-refractivity contribution is 9.10. The Morgan fingerprint density at radius 3 is 2.38 bits per heavy atom. The number of nitrogens with one attached hydrogen (secondary N) is 1. The number of nitro benzene ring substituents is 1. The van der Waals surface area contributed by atoms with Gasteiger partial charge in [-0.15, -0.1) is 0 Å². The smallest absolute Gasteiger partial charge is 0.272 e. The molecule has 0 unspecified atom stereocenters. The molecule has 0 aliphatic carbocycles. The van der Waals surface area contributed by atoms with Crippen molar-refractivity contribution in [3.63, 3.8) is 0 Å². The van der Waals surface area contributed by atoms with E-state index in [1.54, 1.807) is 18.2 Å². The van der Waals surface area contributed by atoms with Gasteiger partial charge in [0.15, 0.2) is 5.82 Å². The molecule has 9 heteroatoms. The predicted octanol–water partition coefficient (Wildman–Crippen LogP) is 3.30. The predicted molar refractivity (Wildman–Crippen MR) is 78.0 cm³/mol. The fourth-order valence-corrected chi connectivity index (χ4v) is 3.32. The lowest BCUT2D eigenvalue weighted by Crippen LogP contribution is -2.15. The first kappa shape index (κ1) is 15.4. The number of hydrogen-bond donors (Lipinski definition) is 1. The van der Waals surface area contributed by atoms with Crippen LogP contribution in [0.2, 0.25) is 0 Å². The van der Waals surface area contributed by atoms with Crippen LogP contribution in [0.25, 0.3) is 0 Å². The van der Waals surface area contributed by atoms with Crippen LogP contribution in [0.4, 0.5) is 15.8 Å². The summed E-state index contributed by atoms with van der Waals surface area (Å²) in [6.45, 7) is 0. The van der Waals surface area contributed by atoms with Crippen molar-refractivity contribution in [2.24, 2.45) is 0 Å². The molecule has 0 fully saturated rings. The van der Waals surface area contributed by atoms with Crippen LogP contribution in [-0.4, -0.2) is 13.3 Å². The van der Waals surface area contributed by atoms with Gasteiger partial charge >= 0.3 is 0 Å². The molecule has 0 saturated carbocycles. The van der Waals surface area contributed by atoms with Crippen molar-refractivity contribution in [1.29, 1.82) is 0 Å². The summed E-state index contributed by atoms with van der Waals surface area (Å²) >= 11 is 2.77. The van der Waals surface area contributed by atoms with Gasteiger partial charge in [0.1, 0.15) is 4.90 Å². The number of nitro groups is 1. The number of nitrogens with zero attached hydrogens (tertiary/aromatic N) is 1.